The summed E-state index contributed by atoms with van der Waals surface area (Å²) in [7, 11) is 0.542. The van der Waals surface area contributed by atoms with Gasteiger partial charge in [0.15, 0.2) is 33.3 Å². The Morgan fingerprint density at radius 1 is 0.304 bits per heavy atom. The van der Waals surface area contributed by atoms with Crippen LogP contribution in [0.2, 0.25) is 87.6 Å². The van der Waals surface area contributed by atoms with Crippen LogP contribution in [0.25, 0.3) is 0 Å². The molecule has 19 unspecified atom stereocenters. The van der Waals surface area contributed by atoms with E-state index in [0.717, 1.165) is 134 Å². The van der Waals surface area contributed by atoms with Crippen LogP contribution in [0.15, 0.2) is 0 Å². The van der Waals surface area contributed by atoms with Gasteiger partial charge in [-0.15, -0.1) is 0 Å². The molecular weight excluding hydrogens is 1090 g/mol. The van der Waals surface area contributed by atoms with E-state index in [9.17, 15) is 55.9 Å². The lowest BCUT2D eigenvalue weighted by molar-refractivity contribution is -0.0260. The van der Waals surface area contributed by atoms with Gasteiger partial charge in [-0.25, -0.2) is 0 Å². The zero-order chi connectivity index (χ0) is 60.2. The molecule has 5 saturated carbocycles. The van der Waals surface area contributed by atoms with E-state index in [1.807, 2.05) is 21.3 Å². The predicted molar refractivity (Wildman–Crippen MR) is 331 cm³/mol. The Kier molecular flexibility index (Phi) is 38.5. The summed E-state index contributed by atoms with van der Waals surface area (Å²) >= 11 is 0. The molecule has 0 bridgehead atoms. The van der Waals surface area contributed by atoms with Gasteiger partial charge in [0.2, 0.25) is 0 Å². The van der Waals surface area contributed by atoms with Crippen molar-refractivity contribution in [3.63, 3.8) is 0 Å². The molecule has 19 atom stereocenters. The van der Waals surface area contributed by atoms with Crippen molar-refractivity contribution in [2.24, 2.45) is 29.6 Å². The van der Waals surface area contributed by atoms with E-state index in [4.69, 9.17) is 22.1 Å². The zero-order valence-corrected chi connectivity index (χ0v) is 57.6. The van der Waals surface area contributed by atoms with Crippen LogP contribution in [0.5, 0.6) is 0 Å². The Hall–Kier alpha value is 0.444. The number of aliphatic hydroxyl groups is 10. The van der Waals surface area contributed by atoms with Gasteiger partial charge in [-0.3, -0.25) is 0 Å². The quantitative estimate of drug-likeness (QED) is 0.0402. The van der Waals surface area contributed by atoms with Crippen molar-refractivity contribution in [1.29, 1.82) is 0 Å². The molecule has 0 saturated heterocycles. The van der Waals surface area contributed by atoms with E-state index in [1.54, 1.807) is 20.8 Å². The summed E-state index contributed by atoms with van der Waals surface area (Å²) in [5.74, 6) is 2.72. The van der Waals surface area contributed by atoms with E-state index >= 15 is 0 Å². The van der Waals surface area contributed by atoms with Crippen LogP contribution in [0.1, 0.15) is 156 Å². The molecule has 5 aliphatic rings. The highest BCUT2D eigenvalue weighted by atomic mass is 28.4. The molecular formula is C58H126O16Si5. The molecule has 79 heavy (non-hydrogen) atoms. The molecule has 474 valence electrons. The number of aliphatic hydroxyl groups excluding tert-OH is 10. The minimum Gasteiger partial charge on any atom is -0.420 e. The predicted octanol–water partition coefficient (Wildman–Crippen LogP) is 9.17. The Morgan fingerprint density at radius 2 is 0.557 bits per heavy atom. The molecule has 0 spiro atoms. The number of rotatable bonds is 24. The molecule has 0 amide bonds. The highest BCUT2D eigenvalue weighted by Gasteiger charge is 2.36. The molecule has 16 nitrogen and oxygen atoms in total. The minimum atomic E-state index is -2.44. The summed E-state index contributed by atoms with van der Waals surface area (Å²) in [6.07, 6.45) is 14.1. The third-order valence-corrected chi connectivity index (χ3v) is 35.8. The second kappa shape index (κ2) is 39.3. The largest absolute Gasteiger partial charge is 0.420 e. The van der Waals surface area contributed by atoms with Crippen molar-refractivity contribution in [3.8, 4) is 0 Å². The average Bonchev–Trinajstić information content (AvgIpc) is 3.43. The monoisotopic (exact) mass is 1220 g/mol. The van der Waals surface area contributed by atoms with Gasteiger partial charge in [-0.05, 0) is 220 Å². The number of hydrogen-bond acceptors (Lipinski definition) is 16. The first-order valence-corrected chi connectivity index (χ1v) is 45.3. The van der Waals surface area contributed by atoms with E-state index < -0.39 is 103 Å². The Bertz CT molecular complexity index is 1450. The lowest BCUT2D eigenvalue weighted by Gasteiger charge is -2.32. The highest BCUT2D eigenvalue weighted by molar-refractivity contribution is 6.73. The Balaban J connectivity index is 0.000000494. The molecule has 0 aliphatic heterocycles. The van der Waals surface area contributed by atoms with Crippen LogP contribution in [0.4, 0.5) is 0 Å². The van der Waals surface area contributed by atoms with Crippen molar-refractivity contribution in [1.82, 2.24) is 0 Å². The Labute approximate surface area is 486 Å². The van der Waals surface area contributed by atoms with Crippen molar-refractivity contribution in [2.75, 3.05) is 35.5 Å². The first-order valence-electron chi connectivity index (χ1n) is 31.2. The van der Waals surface area contributed by atoms with Crippen LogP contribution in [0.3, 0.4) is 0 Å². The van der Waals surface area contributed by atoms with Gasteiger partial charge in [0.05, 0.1) is 61.0 Å². The maximum Gasteiger partial charge on any atom is 0.331 e. The summed E-state index contributed by atoms with van der Waals surface area (Å²) in [5, 5.41) is 95.1. The van der Waals surface area contributed by atoms with E-state index in [-0.39, 0.29) is 0 Å². The first kappa shape index (κ1) is 77.5. The van der Waals surface area contributed by atoms with Gasteiger partial charge >= 0.3 is 8.56 Å². The maximum absolute atomic E-state index is 9.78. The van der Waals surface area contributed by atoms with Gasteiger partial charge in [0, 0.05) is 35.5 Å². The van der Waals surface area contributed by atoms with Crippen LogP contribution >= 0.6 is 0 Å². The third-order valence-electron chi connectivity index (χ3n) is 19.6. The third kappa shape index (κ3) is 31.6. The molecule has 0 aromatic rings. The summed E-state index contributed by atoms with van der Waals surface area (Å²) < 4.78 is 27.6. The summed E-state index contributed by atoms with van der Waals surface area (Å²) in [6, 6.07) is 8.92. The second-order valence-electron chi connectivity index (χ2n) is 26.5. The first-order chi connectivity index (χ1) is 36.9. The van der Waals surface area contributed by atoms with E-state index in [2.05, 4.69) is 53.5 Å². The summed E-state index contributed by atoms with van der Waals surface area (Å²) in [4.78, 5) is 9.78. The lowest BCUT2D eigenvalue weighted by Crippen LogP contribution is -2.36. The molecule has 21 heteroatoms. The molecule has 11 N–H and O–H groups in total. The minimum absolute atomic E-state index is 0.414. The van der Waals surface area contributed by atoms with E-state index in [1.165, 1.54) is 30.6 Å². The number of hydrogen-bond donors (Lipinski definition) is 11. The normalized spacial score (nSPS) is 34.4. The molecule has 5 rings (SSSR count). The average molecular weight is 1220 g/mol. The standard InChI is InChI=1S/C13H28O3Si.2C12H26O3Si.C11H24O3Si.C10H22O4Si/c1-4-8-17(3,16-2)9-7-11-5-6-12(14)13(15)10-11;2*1-4-16(3,15-2)8-7-10-5-6-11(13)12(14)9-10;1-14-15(2,3)7-6-9-4-5-10(12)11(13)8-9;1-14-15(2,13)6-5-8-3-4-9(11)10(12)7-8/h11-15H,4-10H2,1-3H3;2*10-14H,4-9H2,1-3H3;9-13H,4-8H2,1-3H3;8-13H,3-7H2,1-2H3. The fraction of sp³-hybridized carbons (Fsp3) is 1.00. The molecule has 0 radical (unpaired) electrons. The highest BCUT2D eigenvalue weighted by Crippen LogP contribution is 2.36. The Morgan fingerprint density at radius 3 is 0.772 bits per heavy atom. The molecule has 0 aromatic carbocycles. The van der Waals surface area contributed by atoms with Crippen LogP contribution in [-0.4, -0.2) is 194 Å². The SMILES string of the molecule is CCC[Si](C)(CCC1CCC(O)C(O)C1)OC.CC[Si](C)(CCC1CCC(O)C(O)C1)OC.CC[Si](C)(CCC1CCC(O)C(O)C1)OC.CO[Si](C)(C)CCC1CCC(O)C(O)C1.CO[Si](C)(O)CCC1CCC(O)C(O)C1. The van der Waals surface area contributed by atoms with Crippen molar-refractivity contribution in [3.05, 3.63) is 0 Å². The smallest absolute Gasteiger partial charge is 0.331 e. The molecule has 0 aromatic heterocycles. The van der Waals surface area contributed by atoms with Gasteiger partial charge < -0.3 is 78.0 Å². The molecule has 5 fully saturated rings. The second-order valence-corrected chi connectivity index (χ2v) is 47.5. The van der Waals surface area contributed by atoms with Crippen LogP contribution in [-0.2, 0) is 22.1 Å². The van der Waals surface area contributed by atoms with Crippen molar-refractivity contribution < 1.29 is 78.0 Å². The van der Waals surface area contributed by atoms with Gasteiger partial charge in [0.1, 0.15) is 0 Å². The zero-order valence-electron chi connectivity index (χ0n) is 52.6. The van der Waals surface area contributed by atoms with Gasteiger partial charge in [-0.1, -0.05) is 52.9 Å². The summed E-state index contributed by atoms with van der Waals surface area (Å²) in [6.45, 7) is 19.7. The van der Waals surface area contributed by atoms with E-state index in [0.29, 0.717) is 48.5 Å². The molecule has 0 heterocycles. The topological polar surface area (TPSA) is 269 Å². The fourth-order valence-electron chi connectivity index (χ4n) is 11.8. The summed E-state index contributed by atoms with van der Waals surface area (Å²) in [5.41, 5.74) is 0. The van der Waals surface area contributed by atoms with Crippen molar-refractivity contribution in [2.45, 2.75) is 304 Å². The maximum atomic E-state index is 9.78. The van der Waals surface area contributed by atoms with Crippen LogP contribution < -0.4 is 0 Å². The molecule has 5 aliphatic carbocycles. The van der Waals surface area contributed by atoms with Gasteiger partial charge in [-0.2, -0.15) is 0 Å². The van der Waals surface area contributed by atoms with Crippen LogP contribution in [0, 0.1) is 29.6 Å². The lowest BCUT2D eigenvalue weighted by atomic mass is 9.84. The fourth-order valence-corrected chi connectivity index (χ4v) is 20.8. The van der Waals surface area contributed by atoms with Crippen molar-refractivity contribution >= 4 is 41.8 Å². The van der Waals surface area contributed by atoms with Gasteiger partial charge in [0.25, 0.3) is 0 Å².